The minimum Gasteiger partial charge on any atom is -0.325 e. The van der Waals surface area contributed by atoms with E-state index in [4.69, 9.17) is 11.6 Å². The third-order valence-electron chi connectivity index (χ3n) is 4.58. The molecular formula is C17H22ClFN2. The van der Waals surface area contributed by atoms with Crippen molar-refractivity contribution in [2.75, 3.05) is 5.88 Å². The Labute approximate surface area is 130 Å². The van der Waals surface area contributed by atoms with Gasteiger partial charge >= 0.3 is 0 Å². The fourth-order valence-corrected chi connectivity index (χ4v) is 4.08. The second-order valence-corrected chi connectivity index (χ2v) is 6.89. The van der Waals surface area contributed by atoms with Gasteiger partial charge in [-0.1, -0.05) is 19.9 Å². The Morgan fingerprint density at radius 1 is 1.24 bits per heavy atom. The fraction of sp³-hybridized carbons (Fsp3) is 0.588. The molecule has 0 aliphatic heterocycles. The molecule has 1 aromatic carbocycles. The molecular weight excluding hydrogens is 287 g/mol. The Morgan fingerprint density at radius 2 is 1.95 bits per heavy atom. The van der Waals surface area contributed by atoms with Gasteiger partial charge in [-0.05, 0) is 43.2 Å². The number of nitrogens with zero attached hydrogens (tertiary/aromatic N) is 2. The summed E-state index contributed by atoms with van der Waals surface area (Å²) in [7, 11) is 0. The number of aryl methyl sites for hydroxylation is 1. The van der Waals surface area contributed by atoms with E-state index in [1.807, 2.05) is 6.07 Å². The number of fused-ring (bicyclic) bond motifs is 1. The molecule has 2 aromatic rings. The predicted octanol–water partition coefficient (Wildman–Crippen LogP) is 4.95. The number of rotatable bonds is 3. The van der Waals surface area contributed by atoms with Crippen LogP contribution in [-0.2, 0) is 6.42 Å². The molecule has 114 valence electrons. The maximum Gasteiger partial charge on any atom is 0.151 e. The Kier molecular flexibility index (Phi) is 4.21. The highest BCUT2D eigenvalue weighted by Gasteiger charge is 2.28. The molecule has 0 saturated heterocycles. The number of hydrogen-bond donors (Lipinski definition) is 0. The number of hydrogen-bond acceptors (Lipinski definition) is 1. The number of aromatic nitrogens is 2. The van der Waals surface area contributed by atoms with E-state index >= 15 is 0 Å². The van der Waals surface area contributed by atoms with E-state index in [9.17, 15) is 4.39 Å². The van der Waals surface area contributed by atoms with E-state index in [1.165, 1.54) is 12.5 Å². The predicted molar refractivity (Wildman–Crippen MR) is 85.3 cm³/mol. The van der Waals surface area contributed by atoms with Gasteiger partial charge in [0.1, 0.15) is 11.3 Å². The van der Waals surface area contributed by atoms with Crippen molar-refractivity contribution < 1.29 is 4.39 Å². The van der Waals surface area contributed by atoms with Crippen molar-refractivity contribution in [3.05, 3.63) is 29.8 Å². The molecule has 4 heteroatoms. The molecule has 0 amide bonds. The standard InChI is InChI=1S/C17H22ClFN2/c1-11-8-12(2)10-13(9-11)21-15-5-3-4-14(19)17(15)20-16(21)6-7-18/h3-5,11-13H,6-10H2,1-2H3. The van der Waals surface area contributed by atoms with Crippen LogP contribution >= 0.6 is 11.6 Å². The van der Waals surface area contributed by atoms with Gasteiger partial charge < -0.3 is 4.57 Å². The van der Waals surface area contributed by atoms with E-state index in [0.717, 1.165) is 24.2 Å². The second-order valence-electron chi connectivity index (χ2n) is 6.52. The van der Waals surface area contributed by atoms with Gasteiger partial charge in [0.05, 0.1) is 5.52 Å². The summed E-state index contributed by atoms with van der Waals surface area (Å²) in [5.41, 5.74) is 1.41. The second kappa shape index (κ2) is 5.96. The van der Waals surface area contributed by atoms with Gasteiger partial charge in [-0.25, -0.2) is 9.37 Å². The van der Waals surface area contributed by atoms with Gasteiger partial charge in [0, 0.05) is 18.3 Å². The Morgan fingerprint density at radius 3 is 2.62 bits per heavy atom. The lowest BCUT2D eigenvalue weighted by Crippen LogP contribution is -2.24. The lowest BCUT2D eigenvalue weighted by Gasteiger charge is -2.33. The Balaban J connectivity index is 2.10. The summed E-state index contributed by atoms with van der Waals surface area (Å²) >= 11 is 5.92. The quantitative estimate of drug-likeness (QED) is 0.733. The van der Waals surface area contributed by atoms with Crippen LogP contribution in [0.15, 0.2) is 18.2 Å². The van der Waals surface area contributed by atoms with Crippen LogP contribution < -0.4 is 0 Å². The summed E-state index contributed by atoms with van der Waals surface area (Å²) in [6, 6.07) is 5.65. The molecule has 2 nitrogen and oxygen atoms in total. The topological polar surface area (TPSA) is 17.8 Å². The van der Waals surface area contributed by atoms with Crippen LogP contribution in [0.5, 0.6) is 0 Å². The smallest absolute Gasteiger partial charge is 0.151 e. The number of alkyl halides is 1. The van der Waals surface area contributed by atoms with Crippen molar-refractivity contribution in [3.8, 4) is 0 Å². The SMILES string of the molecule is CC1CC(C)CC(n2c(CCCl)nc3c(F)cccc32)C1. The third kappa shape index (κ3) is 2.80. The Hall–Kier alpha value is -1.09. The molecule has 0 spiro atoms. The first-order valence-electron chi connectivity index (χ1n) is 7.81. The monoisotopic (exact) mass is 308 g/mol. The summed E-state index contributed by atoms with van der Waals surface area (Å²) in [5.74, 6) is 2.61. The number of para-hydroxylation sites is 1. The first kappa shape index (κ1) is 14.8. The van der Waals surface area contributed by atoms with Crippen LogP contribution in [-0.4, -0.2) is 15.4 Å². The lowest BCUT2D eigenvalue weighted by atomic mass is 9.80. The number of benzene rings is 1. The summed E-state index contributed by atoms with van der Waals surface area (Å²) in [6.45, 7) is 4.62. The molecule has 0 bridgehead atoms. The largest absolute Gasteiger partial charge is 0.325 e. The Bertz CT molecular complexity index is 627. The van der Waals surface area contributed by atoms with Gasteiger partial charge in [-0.15, -0.1) is 11.6 Å². The number of halogens is 2. The van der Waals surface area contributed by atoms with E-state index < -0.39 is 0 Å². The van der Waals surface area contributed by atoms with Crippen LogP contribution in [0, 0.1) is 17.7 Å². The average molecular weight is 309 g/mol. The van der Waals surface area contributed by atoms with Crippen molar-refractivity contribution in [2.24, 2.45) is 11.8 Å². The van der Waals surface area contributed by atoms with Crippen molar-refractivity contribution in [2.45, 2.75) is 45.6 Å². The van der Waals surface area contributed by atoms with Crippen molar-refractivity contribution >= 4 is 22.6 Å². The molecule has 1 aliphatic rings. The van der Waals surface area contributed by atoms with Crippen LogP contribution in [0.2, 0.25) is 0 Å². The lowest BCUT2D eigenvalue weighted by molar-refractivity contribution is 0.222. The number of imidazole rings is 1. The maximum atomic E-state index is 14.0. The van der Waals surface area contributed by atoms with Crippen LogP contribution in [0.3, 0.4) is 0 Å². The molecule has 2 unspecified atom stereocenters. The van der Waals surface area contributed by atoms with Gasteiger partial charge in [-0.3, -0.25) is 0 Å². The summed E-state index contributed by atoms with van der Waals surface area (Å²) in [5, 5.41) is 0. The molecule has 1 saturated carbocycles. The van der Waals surface area contributed by atoms with E-state index in [1.54, 1.807) is 6.07 Å². The molecule has 1 fully saturated rings. The first-order valence-corrected chi connectivity index (χ1v) is 8.35. The van der Waals surface area contributed by atoms with Crippen molar-refractivity contribution in [1.82, 2.24) is 9.55 Å². The zero-order valence-electron chi connectivity index (χ0n) is 12.6. The summed E-state index contributed by atoms with van der Waals surface area (Å²) in [4.78, 5) is 4.53. The highest BCUT2D eigenvalue weighted by atomic mass is 35.5. The molecule has 1 aromatic heterocycles. The van der Waals surface area contributed by atoms with Gasteiger partial charge in [-0.2, -0.15) is 0 Å². The molecule has 0 N–H and O–H groups in total. The van der Waals surface area contributed by atoms with Gasteiger partial charge in [0.15, 0.2) is 5.82 Å². The highest BCUT2D eigenvalue weighted by molar-refractivity contribution is 6.17. The molecule has 21 heavy (non-hydrogen) atoms. The van der Waals surface area contributed by atoms with Crippen LogP contribution in [0.1, 0.15) is 45.0 Å². The van der Waals surface area contributed by atoms with Gasteiger partial charge in [0.2, 0.25) is 0 Å². The molecule has 1 aliphatic carbocycles. The molecule has 3 rings (SSSR count). The zero-order chi connectivity index (χ0) is 15.0. The average Bonchev–Trinajstić information content (AvgIpc) is 2.78. The van der Waals surface area contributed by atoms with Crippen LogP contribution in [0.25, 0.3) is 11.0 Å². The zero-order valence-corrected chi connectivity index (χ0v) is 13.4. The third-order valence-corrected chi connectivity index (χ3v) is 4.77. The molecule has 0 radical (unpaired) electrons. The summed E-state index contributed by atoms with van der Waals surface area (Å²) in [6.07, 6.45) is 4.25. The van der Waals surface area contributed by atoms with Crippen molar-refractivity contribution in [1.29, 1.82) is 0 Å². The van der Waals surface area contributed by atoms with Crippen molar-refractivity contribution in [3.63, 3.8) is 0 Å². The van der Waals surface area contributed by atoms with E-state index in [2.05, 4.69) is 23.4 Å². The summed E-state index contributed by atoms with van der Waals surface area (Å²) < 4.78 is 16.3. The normalized spacial score (nSPS) is 26.4. The fourth-order valence-electron chi connectivity index (χ4n) is 3.91. The van der Waals surface area contributed by atoms with E-state index in [0.29, 0.717) is 35.7 Å². The maximum absolute atomic E-state index is 14.0. The van der Waals surface area contributed by atoms with Crippen LogP contribution in [0.4, 0.5) is 4.39 Å². The molecule has 2 atom stereocenters. The minimum atomic E-state index is -0.237. The molecule has 1 heterocycles. The van der Waals surface area contributed by atoms with E-state index in [-0.39, 0.29) is 5.82 Å². The first-order chi connectivity index (χ1) is 10.1. The minimum absolute atomic E-state index is 0.237. The van der Waals surface area contributed by atoms with Gasteiger partial charge in [0.25, 0.3) is 0 Å². The highest BCUT2D eigenvalue weighted by Crippen LogP contribution is 2.38.